The summed E-state index contributed by atoms with van der Waals surface area (Å²) in [6, 6.07) is 0. The predicted molar refractivity (Wildman–Crippen MR) is 99.0 cm³/mol. The van der Waals surface area contributed by atoms with Gasteiger partial charge < -0.3 is 10.2 Å². The van der Waals surface area contributed by atoms with Gasteiger partial charge in [0.15, 0.2) is 0 Å². The molecule has 3 nitrogen and oxygen atoms in total. The summed E-state index contributed by atoms with van der Waals surface area (Å²) in [4.78, 5) is 14.8. The zero-order chi connectivity index (χ0) is 15.1. The minimum Gasteiger partial charge on any atom is -0.342 e. The fourth-order valence-electron chi connectivity index (χ4n) is 3.69. The first-order valence-electron chi connectivity index (χ1n) is 8.80. The third kappa shape index (κ3) is 6.29. The first-order valence-corrected chi connectivity index (χ1v) is 9.85. The minimum absolute atomic E-state index is 0. The van der Waals surface area contributed by atoms with E-state index in [-0.39, 0.29) is 12.4 Å². The summed E-state index contributed by atoms with van der Waals surface area (Å²) < 4.78 is 0. The molecular formula is C17H33ClN2OS. The molecule has 0 bridgehead atoms. The van der Waals surface area contributed by atoms with E-state index in [1.54, 1.807) is 0 Å². The van der Waals surface area contributed by atoms with Gasteiger partial charge in [0, 0.05) is 24.8 Å². The summed E-state index contributed by atoms with van der Waals surface area (Å²) in [5.74, 6) is 2.85. The van der Waals surface area contributed by atoms with E-state index in [0.29, 0.717) is 17.1 Å². The van der Waals surface area contributed by atoms with Gasteiger partial charge in [-0.05, 0) is 56.4 Å². The van der Waals surface area contributed by atoms with Gasteiger partial charge in [0.05, 0.1) is 0 Å². The Balaban J connectivity index is 0.00000242. The van der Waals surface area contributed by atoms with E-state index < -0.39 is 0 Å². The lowest BCUT2D eigenvalue weighted by atomic mass is 9.84. The van der Waals surface area contributed by atoms with Gasteiger partial charge in [0.25, 0.3) is 0 Å². The number of carbonyl (C=O) groups is 1. The molecule has 2 rings (SSSR count). The predicted octanol–water partition coefficient (Wildman–Crippen LogP) is 3.57. The zero-order valence-corrected chi connectivity index (χ0v) is 15.8. The Hall–Kier alpha value is 0.0700. The number of thioether (sulfide) groups is 1. The van der Waals surface area contributed by atoms with E-state index in [1.807, 2.05) is 11.8 Å². The van der Waals surface area contributed by atoms with Crippen LogP contribution in [0.5, 0.6) is 0 Å². The van der Waals surface area contributed by atoms with E-state index in [0.717, 1.165) is 44.3 Å². The molecule has 0 aliphatic carbocycles. The molecular weight excluding hydrogens is 316 g/mol. The van der Waals surface area contributed by atoms with Gasteiger partial charge in [-0.1, -0.05) is 20.3 Å². The Morgan fingerprint density at radius 3 is 2.68 bits per heavy atom. The summed E-state index contributed by atoms with van der Waals surface area (Å²) in [5, 5.41) is 4.08. The molecule has 0 aromatic heterocycles. The first-order chi connectivity index (χ1) is 10.2. The number of piperidine rings is 1. The number of hydrogen-bond donors (Lipinski definition) is 1. The monoisotopic (exact) mass is 348 g/mol. The highest BCUT2D eigenvalue weighted by molar-refractivity contribution is 7.99. The highest BCUT2D eigenvalue weighted by Gasteiger charge is 2.26. The Bertz CT molecular complexity index is 324. The number of likely N-dealkylation sites (tertiary alicyclic amines) is 1. The van der Waals surface area contributed by atoms with Crippen LogP contribution >= 0.6 is 24.2 Å². The van der Waals surface area contributed by atoms with Crippen LogP contribution in [0.2, 0.25) is 0 Å². The molecule has 0 saturated carbocycles. The number of amides is 1. The molecule has 2 saturated heterocycles. The van der Waals surface area contributed by atoms with E-state index >= 15 is 0 Å². The fourth-order valence-corrected chi connectivity index (χ4v) is 4.78. The van der Waals surface area contributed by atoms with Gasteiger partial charge in [0.2, 0.25) is 5.91 Å². The number of carbonyl (C=O) groups excluding carboxylic acids is 1. The number of rotatable bonds is 5. The quantitative estimate of drug-likeness (QED) is 0.824. The molecule has 2 aliphatic rings. The van der Waals surface area contributed by atoms with Crippen LogP contribution in [-0.2, 0) is 4.79 Å². The Morgan fingerprint density at radius 2 is 2.00 bits per heavy atom. The lowest BCUT2D eigenvalue weighted by molar-refractivity contribution is -0.132. The lowest BCUT2D eigenvalue weighted by Crippen LogP contribution is -2.38. The molecule has 2 heterocycles. The number of nitrogens with zero attached hydrogens (tertiary/aromatic N) is 1. The smallest absolute Gasteiger partial charge is 0.222 e. The maximum Gasteiger partial charge on any atom is 0.222 e. The van der Waals surface area contributed by atoms with Crippen molar-refractivity contribution >= 4 is 30.1 Å². The van der Waals surface area contributed by atoms with Gasteiger partial charge in [0.1, 0.15) is 0 Å². The third-order valence-electron chi connectivity index (χ3n) is 5.07. The van der Waals surface area contributed by atoms with Crippen molar-refractivity contribution in [1.82, 2.24) is 10.2 Å². The van der Waals surface area contributed by atoms with Crippen LogP contribution in [0.4, 0.5) is 0 Å². The highest BCUT2D eigenvalue weighted by Crippen LogP contribution is 2.27. The lowest BCUT2D eigenvalue weighted by Gasteiger charge is -2.30. The standard InChI is InChI=1S/C17H32N2OS.ClH/c1-3-21-16-6-4-5-11-19(13-16)17(20)12-14(2)15-7-9-18-10-8-15;/h14-16,18H,3-13H2,1-2H3;1H. The maximum absolute atomic E-state index is 12.7. The molecule has 0 aromatic rings. The molecule has 1 N–H and O–H groups in total. The molecule has 2 atom stereocenters. The van der Waals surface area contributed by atoms with Gasteiger partial charge >= 0.3 is 0 Å². The second-order valence-corrected chi connectivity index (χ2v) is 8.26. The zero-order valence-electron chi connectivity index (χ0n) is 14.2. The molecule has 0 spiro atoms. The SMILES string of the molecule is CCSC1CCCCN(C(=O)CC(C)C2CCNCC2)C1.Cl. The van der Waals surface area contributed by atoms with Gasteiger partial charge in [-0.25, -0.2) is 0 Å². The summed E-state index contributed by atoms with van der Waals surface area (Å²) in [6.45, 7) is 8.73. The molecule has 22 heavy (non-hydrogen) atoms. The Kier molecular flexibility index (Phi) is 9.85. The second kappa shape index (κ2) is 10.8. The highest BCUT2D eigenvalue weighted by atomic mass is 35.5. The van der Waals surface area contributed by atoms with Crippen LogP contribution in [-0.4, -0.2) is 48.0 Å². The van der Waals surface area contributed by atoms with Crippen molar-refractivity contribution in [1.29, 1.82) is 0 Å². The number of halogens is 1. The van der Waals surface area contributed by atoms with E-state index in [9.17, 15) is 4.79 Å². The van der Waals surface area contributed by atoms with Crippen molar-refractivity contribution in [3.63, 3.8) is 0 Å². The van der Waals surface area contributed by atoms with Crippen LogP contribution in [0.15, 0.2) is 0 Å². The van der Waals surface area contributed by atoms with E-state index in [2.05, 4.69) is 24.1 Å². The van der Waals surface area contributed by atoms with Gasteiger partial charge in [-0.2, -0.15) is 11.8 Å². The summed E-state index contributed by atoms with van der Waals surface area (Å²) in [5.41, 5.74) is 0. The van der Waals surface area contributed by atoms with Crippen LogP contribution in [0.3, 0.4) is 0 Å². The number of hydrogen-bond acceptors (Lipinski definition) is 3. The molecule has 130 valence electrons. The number of nitrogens with one attached hydrogen (secondary N) is 1. The summed E-state index contributed by atoms with van der Waals surface area (Å²) >= 11 is 2.03. The third-order valence-corrected chi connectivity index (χ3v) is 6.26. The van der Waals surface area contributed by atoms with Crippen molar-refractivity contribution < 1.29 is 4.79 Å². The first kappa shape index (κ1) is 20.1. The van der Waals surface area contributed by atoms with Crippen LogP contribution in [0.1, 0.15) is 52.4 Å². The molecule has 5 heteroatoms. The van der Waals surface area contributed by atoms with Gasteiger partial charge in [-0.3, -0.25) is 4.79 Å². The van der Waals surface area contributed by atoms with E-state index in [4.69, 9.17) is 0 Å². The molecule has 0 aromatic carbocycles. The van der Waals surface area contributed by atoms with Crippen LogP contribution < -0.4 is 5.32 Å². The Labute approximate surface area is 146 Å². The average molecular weight is 349 g/mol. The summed E-state index contributed by atoms with van der Waals surface area (Å²) in [6.07, 6.45) is 6.99. The van der Waals surface area contributed by atoms with Crippen molar-refractivity contribution in [3.05, 3.63) is 0 Å². The molecule has 2 aliphatic heterocycles. The van der Waals surface area contributed by atoms with E-state index in [1.165, 1.54) is 32.1 Å². The maximum atomic E-state index is 12.7. The molecule has 1 amide bonds. The minimum atomic E-state index is 0. The van der Waals surface area contributed by atoms with Gasteiger partial charge in [-0.15, -0.1) is 12.4 Å². The van der Waals surface area contributed by atoms with Crippen molar-refractivity contribution in [3.8, 4) is 0 Å². The normalized spacial score (nSPS) is 25.2. The largest absolute Gasteiger partial charge is 0.342 e. The second-order valence-electron chi connectivity index (χ2n) is 6.68. The summed E-state index contributed by atoms with van der Waals surface area (Å²) in [7, 11) is 0. The van der Waals surface area contributed by atoms with Crippen molar-refractivity contribution in [2.24, 2.45) is 11.8 Å². The molecule has 0 radical (unpaired) electrons. The fraction of sp³-hybridized carbons (Fsp3) is 0.941. The Morgan fingerprint density at radius 1 is 1.27 bits per heavy atom. The van der Waals surface area contributed by atoms with Crippen molar-refractivity contribution in [2.75, 3.05) is 31.9 Å². The molecule has 2 unspecified atom stereocenters. The van der Waals surface area contributed by atoms with Crippen LogP contribution in [0.25, 0.3) is 0 Å². The molecule has 2 fully saturated rings. The average Bonchev–Trinajstić information content (AvgIpc) is 2.74. The van der Waals surface area contributed by atoms with Crippen LogP contribution in [0, 0.1) is 11.8 Å². The topological polar surface area (TPSA) is 32.3 Å². The van der Waals surface area contributed by atoms with Crippen molar-refractivity contribution in [2.45, 2.75) is 57.6 Å².